The molecule has 8 nitrogen and oxygen atoms in total. The smallest absolute Gasteiger partial charge is 0.473 e. The number of hydrogen-bond acceptors (Lipinski definition) is 7. The van der Waals surface area contributed by atoms with E-state index in [4.69, 9.17) is 13.8 Å². The van der Waals surface area contributed by atoms with E-state index in [0.717, 1.165) is 37.1 Å². The fraction of sp³-hybridized carbons (Fsp3) is 0.500. The van der Waals surface area contributed by atoms with E-state index in [0.29, 0.717) is 43.8 Å². The van der Waals surface area contributed by atoms with Gasteiger partial charge in [-0.05, 0) is 93.0 Å². The minimum Gasteiger partial charge on any atom is -0.504 e. The molecule has 0 aromatic heterocycles. The Hall–Kier alpha value is -3.00. The van der Waals surface area contributed by atoms with Gasteiger partial charge in [-0.25, -0.2) is 4.57 Å². The maximum atomic E-state index is 14.4. The molecule has 47 heavy (non-hydrogen) atoms. The van der Waals surface area contributed by atoms with Gasteiger partial charge in [-0.2, -0.15) is 0 Å². The van der Waals surface area contributed by atoms with Crippen LogP contribution in [0.5, 0.6) is 11.5 Å². The third kappa shape index (κ3) is 4.48. The van der Waals surface area contributed by atoms with E-state index < -0.39 is 31.0 Å². The first kappa shape index (κ1) is 30.1. The third-order valence-electron chi connectivity index (χ3n) is 12.5. The van der Waals surface area contributed by atoms with Crippen LogP contribution in [0.3, 0.4) is 0 Å². The molecule has 5 atom stereocenters. The maximum absolute atomic E-state index is 14.4. The number of phenolic OH excluding ortho intramolecular Hbond substituents is 1. The van der Waals surface area contributed by atoms with Gasteiger partial charge in [-0.3, -0.25) is 18.7 Å². The fourth-order valence-corrected chi connectivity index (χ4v) is 11.7. The number of phosphoric ester groups is 1. The van der Waals surface area contributed by atoms with Gasteiger partial charge in [0.1, 0.15) is 5.60 Å². The Bertz CT molecular complexity index is 1710. The van der Waals surface area contributed by atoms with Crippen LogP contribution >= 0.6 is 7.82 Å². The molecule has 3 aromatic carbocycles. The molecule has 5 unspecified atom stereocenters. The van der Waals surface area contributed by atoms with Gasteiger partial charge in [-0.15, -0.1) is 0 Å². The Morgan fingerprint density at radius 1 is 0.894 bits per heavy atom. The zero-order valence-corrected chi connectivity index (χ0v) is 27.4. The molecule has 2 N–H and O–H groups in total. The van der Waals surface area contributed by atoms with Crippen LogP contribution in [0, 0.1) is 5.92 Å². The summed E-state index contributed by atoms with van der Waals surface area (Å²) in [6.45, 7) is 1.65. The zero-order valence-electron chi connectivity index (χ0n) is 26.6. The summed E-state index contributed by atoms with van der Waals surface area (Å²) in [5, 5.41) is 10.9. The summed E-state index contributed by atoms with van der Waals surface area (Å²) in [5.74, 6) is 0.914. The molecule has 9 rings (SSSR count). The third-order valence-corrected chi connectivity index (χ3v) is 13.6. The molecule has 2 heterocycles. The average Bonchev–Trinajstić information content (AvgIpc) is 3.82. The summed E-state index contributed by atoms with van der Waals surface area (Å²) in [7, 11) is -4.62. The predicted molar refractivity (Wildman–Crippen MR) is 175 cm³/mol. The van der Waals surface area contributed by atoms with Crippen molar-refractivity contribution in [2.75, 3.05) is 13.1 Å². The van der Waals surface area contributed by atoms with E-state index in [2.05, 4.69) is 53.4 Å². The number of ketones is 1. The molecule has 9 heteroatoms. The van der Waals surface area contributed by atoms with Crippen LogP contribution < -0.4 is 4.74 Å². The van der Waals surface area contributed by atoms with Crippen LogP contribution in [0.15, 0.2) is 72.8 Å². The minimum absolute atomic E-state index is 0.000891. The van der Waals surface area contributed by atoms with Gasteiger partial charge in [-0.1, -0.05) is 66.7 Å². The van der Waals surface area contributed by atoms with Crippen LogP contribution in [-0.4, -0.2) is 57.6 Å². The lowest BCUT2D eigenvalue weighted by Crippen LogP contribution is -2.77. The fourth-order valence-electron chi connectivity index (χ4n) is 10.3. The summed E-state index contributed by atoms with van der Waals surface area (Å²) in [4.78, 5) is 27.8. The lowest BCUT2D eigenvalue weighted by atomic mass is 9.49. The summed E-state index contributed by atoms with van der Waals surface area (Å²) in [5.41, 5.74) is 1.98. The lowest BCUT2D eigenvalue weighted by molar-refractivity contribution is -0.185. The molecule has 6 aliphatic rings. The number of rotatable bonds is 8. The number of likely N-dealkylation sites (tertiary alicyclic amines) is 1. The Labute approximate surface area is 275 Å². The highest BCUT2D eigenvalue weighted by atomic mass is 31.2. The minimum atomic E-state index is -4.62. The van der Waals surface area contributed by atoms with Crippen molar-refractivity contribution >= 4 is 13.6 Å². The van der Waals surface area contributed by atoms with E-state index in [-0.39, 0.29) is 29.4 Å². The molecule has 246 valence electrons. The van der Waals surface area contributed by atoms with Gasteiger partial charge < -0.3 is 14.7 Å². The molecular weight excluding hydrogens is 613 g/mol. The summed E-state index contributed by atoms with van der Waals surface area (Å²) in [6.07, 6.45) is 5.50. The number of piperidine rings is 1. The maximum Gasteiger partial charge on any atom is 0.473 e. The largest absolute Gasteiger partial charge is 0.504 e. The first-order valence-corrected chi connectivity index (χ1v) is 18.9. The molecule has 4 aliphatic carbocycles. The van der Waals surface area contributed by atoms with Crippen molar-refractivity contribution in [1.29, 1.82) is 0 Å². The van der Waals surface area contributed by atoms with Crippen molar-refractivity contribution in [2.45, 2.75) is 98.9 Å². The number of ether oxygens (including phenoxy) is 1. The first-order valence-electron chi connectivity index (χ1n) is 17.4. The van der Waals surface area contributed by atoms with Crippen LogP contribution in [0.25, 0.3) is 0 Å². The second-order valence-electron chi connectivity index (χ2n) is 14.9. The quantitative estimate of drug-likeness (QED) is 0.262. The number of hydrogen-bond donors (Lipinski definition) is 2. The number of carbonyl (C=O) groups is 1. The average molecular weight is 656 g/mol. The van der Waals surface area contributed by atoms with Gasteiger partial charge in [0.25, 0.3) is 0 Å². The normalized spacial score (nSPS) is 32.3. The topological polar surface area (TPSA) is 106 Å². The Balaban J connectivity index is 1.04. The number of benzene rings is 3. The van der Waals surface area contributed by atoms with E-state index >= 15 is 0 Å². The van der Waals surface area contributed by atoms with Crippen molar-refractivity contribution in [3.8, 4) is 11.5 Å². The van der Waals surface area contributed by atoms with Crippen molar-refractivity contribution in [3.05, 3.63) is 95.1 Å². The standard InChI is InChI=1S/C38H42NO7P/c40-30-14-13-26-23-32-38(20-17-31(41)35-37(38,33(26)34(30)44-35)21-22-39(32)24-25-11-12-25)46-47(42,43)45-29-15-18-36(19-16-29,27-7-3-1-4-8-27)28-9-5-2-6-10-28/h1-10,13-14,25,29,32,35,40H,11-12,15-24H2,(H,42,43). The number of carbonyl (C=O) groups excluding carboxylic acids is 1. The Morgan fingerprint density at radius 2 is 1.57 bits per heavy atom. The number of Topliss-reactive ketones (excluding diaryl/α,β-unsaturated/α-hetero) is 1. The van der Waals surface area contributed by atoms with Gasteiger partial charge in [0.15, 0.2) is 23.4 Å². The van der Waals surface area contributed by atoms with Crippen LogP contribution in [0.4, 0.5) is 0 Å². The van der Waals surface area contributed by atoms with Crippen LogP contribution in [-0.2, 0) is 35.7 Å². The molecule has 2 bridgehead atoms. The summed E-state index contributed by atoms with van der Waals surface area (Å²) in [6, 6.07) is 24.4. The number of aromatic hydroxyl groups is 1. The van der Waals surface area contributed by atoms with Gasteiger partial charge in [0.2, 0.25) is 0 Å². The molecule has 0 radical (unpaired) electrons. The summed E-state index contributed by atoms with van der Waals surface area (Å²) >= 11 is 0. The molecule has 2 aliphatic heterocycles. The number of phenols is 1. The van der Waals surface area contributed by atoms with Crippen molar-refractivity contribution in [2.24, 2.45) is 5.92 Å². The SMILES string of the molecule is O=C1CCC2(OP(=O)(O)OC3CCC(c4ccccc4)(c4ccccc4)CC3)C3Cc4ccc(O)c5c4C2(CCN3CC2CC2)C1O5. The second-order valence-corrected chi connectivity index (χ2v) is 16.2. The second kappa shape index (κ2) is 10.8. The van der Waals surface area contributed by atoms with E-state index in [1.807, 2.05) is 18.2 Å². The lowest BCUT2D eigenvalue weighted by Gasteiger charge is -2.64. The van der Waals surface area contributed by atoms with Crippen LogP contribution in [0.2, 0.25) is 0 Å². The molecule has 1 saturated heterocycles. The van der Waals surface area contributed by atoms with E-state index in [1.54, 1.807) is 6.07 Å². The molecule has 3 aromatic rings. The first-order chi connectivity index (χ1) is 22.7. The number of phosphoric acid groups is 1. The summed E-state index contributed by atoms with van der Waals surface area (Å²) < 4.78 is 33.5. The number of nitrogens with zero attached hydrogens (tertiary/aromatic N) is 1. The molecule has 0 amide bonds. The predicted octanol–water partition coefficient (Wildman–Crippen LogP) is 6.60. The Morgan fingerprint density at radius 3 is 2.23 bits per heavy atom. The highest BCUT2D eigenvalue weighted by Gasteiger charge is 2.75. The highest BCUT2D eigenvalue weighted by Crippen LogP contribution is 2.69. The van der Waals surface area contributed by atoms with Crippen molar-refractivity contribution in [1.82, 2.24) is 4.90 Å². The highest BCUT2D eigenvalue weighted by molar-refractivity contribution is 7.47. The van der Waals surface area contributed by atoms with Gasteiger partial charge in [0, 0.05) is 30.0 Å². The van der Waals surface area contributed by atoms with Gasteiger partial charge in [0.05, 0.1) is 11.5 Å². The van der Waals surface area contributed by atoms with Crippen LogP contribution in [0.1, 0.15) is 80.0 Å². The van der Waals surface area contributed by atoms with Crippen molar-refractivity contribution in [3.63, 3.8) is 0 Å². The van der Waals surface area contributed by atoms with E-state index in [9.17, 15) is 19.4 Å². The molecule has 3 saturated carbocycles. The molecule has 1 spiro atoms. The van der Waals surface area contributed by atoms with Crippen molar-refractivity contribution < 1.29 is 33.1 Å². The van der Waals surface area contributed by atoms with Gasteiger partial charge >= 0.3 is 7.82 Å². The van der Waals surface area contributed by atoms with E-state index in [1.165, 1.54) is 24.0 Å². The Kier molecular flexibility index (Phi) is 6.88. The molecular formula is C38H42NO7P. The zero-order chi connectivity index (χ0) is 32.0. The monoisotopic (exact) mass is 655 g/mol. The molecule has 4 fully saturated rings.